The number of hydrogen-bond donors (Lipinski definition) is 2. The molecule has 0 saturated heterocycles. The molecule has 1 aliphatic heterocycles. The van der Waals surface area contributed by atoms with Crippen LogP contribution >= 0.6 is 0 Å². The molecule has 0 bridgehead atoms. The van der Waals surface area contributed by atoms with Crippen molar-refractivity contribution in [3.8, 4) is 12.1 Å². The summed E-state index contributed by atoms with van der Waals surface area (Å²) in [6.45, 7) is 1.51. The van der Waals surface area contributed by atoms with Crippen LogP contribution < -0.4 is 9.88 Å². The third-order valence-electron chi connectivity index (χ3n) is 4.73. The monoisotopic (exact) mass is 373 g/mol. The zero-order valence-corrected chi connectivity index (χ0v) is 15.0. The second-order valence-electron chi connectivity index (χ2n) is 6.57. The highest BCUT2D eigenvalue weighted by atomic mass is 19.1. The lowest BCUT2D eigenvalue weighted by atomic mass is 9.76. The molecule has 2 heterocycles. The van der Waals surface area contributed by atoms with Gasteiger partial charge >= 0.3 is 0 Å². The van der Waals surface area contributed by atoms with E-state index in [1.54, 1.807) is 41.0 Å². The van der Waals surface area contributed by atoms with Crippen molar-refractivity contribution in [2.24, 2.45) is 0 Å². The Labute approximate surface area is 161 Å². The van der Waals surface area contributed by atoms with Gasteiger partial charge in [0.15, 0.2) is 18.1 Å². The van der Waals surface area contributed by atoms with Gasteiger partial charge < -0.3 is 15.8 Å². The highest BCUT2D eigenvalue weighted by molar-refractivity contribution is 5.74. The molecule has 7 heteroatoms. The van der Waals surface area contributed by atoms with Crippen LogP contribution in [0, 0.1) is 28.5 Å². The number of hydrogen-bond acceptors (Lipinski definition) is 4. The van der Waals surface area contributed by atoms with E-state index >= 15 is 0 Å². The predicted molar refractivity (Wildman–Crippen MR) is 98.7 cm³/mol. The molecule has 0 unspecified atom stereocenters. The second-order valence-corrected chi connectivity index (χ2v) is 6.57. The molecule has 0 saturated carbocycles. The van der Waals surface area contributed by atoms with Gasteiger partial charge in [-0.05, 0) is 24.6 Å². The molecule has 0 aliphatic carbocycles. The lowest BCUT2D eigenvalue weighted by Crippen LogP contribution is -2.63. The van der Waals surface area contributed by atoms with Gasteiger partial charge in [-0.1, -0.05) is 18.2 Å². The van der Waals surface area contributed by atoms with E-state index in [1.165, 1.54) is 31.2 Å². The average Bonchev–Trinajstić information content (AvgIpc) is 2.69. The van der Waals surface area contributed by atoms with Crippen LogP contribution in [-0.4, -0.2) is 16.7 Å². The number of allylic oxidation sites excluding steroid dienone is 2. The van der Waals surface area contributed by atoms with Crippen LogP contribution in [-0.2, 0) is 0 Å². The van der Waals surface area contributed by atoms with Crippen molar-refractivity contribution in [2.75, 3.05) is 0 Å². The molecule has 1 aromatic carbocycles. The minimum Gasteiger partial charge on any atom is -0.762 e. The summed E-state index contributed by atoms with van der Waals surface area (Å²) in [4.78, 5) is 0. The third-order valence-corrected chi connectivity index (χ3v) is 4.73. The largest absolute Gasteiger partial charge is 0.762 e. The van der Waals surface area contributed by atoms with Crippen molar-refractivity contribution in [1.29, 1.82) is 10.5 Å². The number of nitrogens with one attached hydrogen (secondary N) is 1. The normalized spacial score (nSPS) is 23.8. The van der Waals surface area contributed by atoms with Crippen LogP contribution in [0.3, 0.4) is 0 Å². The van der Waals surface area contributed by atoms with Gasteiger partial charge in [0.05, 0.1) is 28.8 Å². The van der Waals surface area contributed by atoms with E-state index in [9.17, 15) is 25.4 Å². The van der Waals surface area contributed by atoms with Crippen LogP contribution in [0.5, 0.6) is 0 Å². The topological polar surface area (TPSA) is 106 Å². The van der Waals surface area contributed by atoms with Gasteiger partial charge in [0.25, 0.3) is 0 Å². The molecule has 1 aliphatic rings. The first-order valence-electron chi connectivity index (χ1n) is 8.46. The zero-order chi connectivity index (χ0) is 20.3. The van der Waals surface area contributed by atoms with Gasteiger partial charge in [-0.2, -0.15) is 15.1 Å². The quantitative estimate of drug-likeness (QED) is 0.489. The van der Waals surface area contributed by atoms with Crippen molar-refractivity contribution in [1.82, 2.24) is 5.32 Å². The molecule has 3 rings (SSSR count). The Kier molecular flexibility index (Phi) is 5.06. The molecule has 28 heavy (non-hydrogen) atoms. The zero-order valence-electron chi connectivity index (χ0n) is 15.0. The van der Waals surface area contributed by atoms with E-state index in [4.69, 9.17) is 0 Å². The molecule has 0 fully saturated rings. The molecule has 1 aromatic heterocycles. The van der Waals surface area contributed by atoms with Gasteiger partial charge in [-0.3, -0.25) is 0 Å². The predicted octanol–water partition coefficient (Wildman–Crippen LogP) is 2.22. The molecule has 0 amide bonds. The lowest BCUT2D eigenvalue weighted by Gasteiger charge is -2.40. The first kappa shape index (κ1) is 19.0. The SMILES string of the molecule is C[C@@]1(O)NC(C(=C=[N-])C#N)=C(C#N)[C@@H](c2ccc(F)cc2)[C@@H]1[n+]1ccccc1. The van der Waals surface area contributed by atoms with Crippen molar-refractivity contribution in [3.63, 3.8) is 0 Å². The highest BCUT2D eigenvalue weighted by Gasteiger charge is 2.52. The summed E-state index contributed by atoms with van der Waals surface area (Å²) in [5, 5.41) is 42.5. The summed E-state index contributed by atoms with van der Waals surface area (Å²) in [5.74, 6) is 0.611. The lowest BCUT2D eigenvalue weighted by molar-refractivity contribution is -0.741. The van der Waals surface area contributed by atoms with Crippen molar-refractivity contribution >= 4 is 5.87 Å². The minimum atomic E-state index is -1.61. The number of rotatable bonds is 3. The van der Waals surface area contributed by atoms with E-state index < -0.39 is 23.5 Å². The van der Waals surface area contributed by atoms with E-state index in [0.717, 1.165) is 0 Å². The molecule has 2 aromatic rings. The molecular weight excluding hydrogens is 357 g/mol. The maximum atomic E-state index is 13.5. The van der Waals surface area contributed by atoms with Gasteiger partial charge in [0.1, 0.15) is 11.9 Å². The Hall–Kier alpha value is -3.77. The minimum absolute atomic E-state index is 0.0143. The maximum Gasteiger partial charge on any atom is 0.216 e. The Bertz CT molecular complexity index is 1050. The Morgan fingerprint density at radius 3 is 2.39 bits per heavy atom. The highest BCUT2D eigenvalue weighted by Crippen LogP contribution is 2.43. The van der Waals surface area contributed by atoms with E-state index in [1.807, 2.05) is 6.07 Å². The van der Waals surface area contributed by atoms with Crippen LogP contribution in [0.4, 0.5) is 4.39 Å². The number of halogens is 1. The van der Waals surface area contributed by atoms with Crippen molar-refractivity contribution < 1.29 is 14.1 Å². The average molecular weight is 373 g/mol. The van der Waals surface area contributed by atoms with Gasteiger partial charge in [0.2, 0.25) is 6.04 Å². The van der Waals surface area contributed by atoms with Crippen molar-refractivity contribution in [2.45, 2.75) is 24.6 Å². The first-order chi connectivity index (χ1) is 13.4. The number of nitrogens with zero attached hydrogens (tertiary/aromatic N) is 4. The smallest absolute Gasteiger partial charge is 0.216 e. The summed E-state index contributed by atoms with van der Waals surface area (Å²) >= 11 is 0. The molecule has 6 nitrogen and oxygen atoms in total. The van der Waals surface area contributed by atoms with Crippen LogP contribution in [0.25, 0.3) is 5.41 Å². The summed E-state index contributed by atoms with van der Waals surface area (Å²) < 4.78 is 15.2. The second kappa shape index (κ2) is 7.46. The van der Waals surface area contributed by atoms with Gasteiger partial charge in [-0.15, -0.1) is 0 Å². The van der Waals surface area contributed by atoms with E-state index in [-0.39, 0.29) is 16.8 Å². The molecular formula is C21H16FN5O. The third kappa shape index (κ3) is 3.28. The molecule has 0 spiro atoms. The molecule has 3 atom stereocenters. The Morgan fingerprint density at radius 2 is 1.86 bits per heavy atom. The van der Waals surface area contributed by atoms with E-state index in [0.29, 0.717) is 5.56 Å². The fourth-order valence-electron chi connectivity index (χ4n) is 3.57. The van der Waals surface area contributed by atoms with E-state index in [2.05, 4.69) is 11.4 Å². The van der Waals surface area contributed by atoms with Gasteiger partial charge in [-0.25, -0.2) is 10.3 Å². The number of nitriles is 2. The maximum absolute atomic E-state index is 13.5. The molecule has 138 valence electrons. The fourth-order valence-corrected chi connectivity index (χ4v) is 3.57. The number of benzene rings is 1. The Balaban J connectivity index is 2.34. The summed E-state index contributed by atoms with van der Waals surface area (Å²) in [6, 6.07) is 14.1. The summed E-state index contributed by atoms with van der Waals surface area (Å²) in [5.41, 5.74) is -1.23. The summed E-state index contributed by atoms with van der Waals surface area (Å²) in [7, 11) is 0. The fraction of sp³-hybridized carbons (Fsp3) is 0.190. The summed E-state index contributed by atoms with van der Waals surface area (Å²) in [6.07, 6.45) is 3.49. The Morgan fingerprint density at radius 1 is 1.21 bits per heavy atom. The van der Waals surface area contributed by atoms with Crippen LogP contribution in [0.1, 0.15) is 24.4 Å². The van der Waals surface area contributed by atoms with Crippen molar-refractivity contribution in [3.05, 3.63) is 88.5 Å². The first-order valence-corrected chi connectivity index (χ1v) is 8.46. The number of aromatic nitrogens is 1. The number of aliphatic hydroxyl groups is 1. The number of pyridine rings is 1. The standard InChI is InChI=1S/C21H16FN5O/c1-21(28)20(27-9-3-2-4-10-27)18(14-5-7-16(22)8-6-14)17(13-25)19(26-21)15(11-23)12-24/h2-10,18,20,26,28H,1H3/t18-,20+,21+/m1/s1. The van der Waals surface area contributed by atoms with Crippen LogP contribution in [0.2, 0.25) is 0 Å². The van der Waals surface area contributed by atoms with Gasteiger partial charge in [0, 0.05) is 12.1 Å². The molecule has 0 radical (unpaired) electrons. The molecule has 2 N–H and O–H groups in total. The van der Waals surface area contributed by atoms with Crippen LogP contribution in [0.15, 0.2) is 71.7 Å².